The van der Waals surface area contributed by atoms with Gasteiger partial charge in [-0.2, -0.15) is 0 Å². The fraction of sp³-hybridized carbons (Fsp3) is 0.312. The van der Waals surface area contributed by atoms with Crippen LogP contribution < -0.4 is 10.6 Å². The van der Waals surface area contributed by atoms with Crippen LogP contribution >= 0.6 is 11.6 Å². The number of ether oxygens (including phenoxy) is 1. The van der Waals surface area contributed by atoms with Crippen LogP contribution in [0.4, 0.5) is 10.6 Å². The number of nitrogens with two attached hydrogens (primary N) is 1. The smallest absolute Gasteiger partial charge is 0.410 e. The number of halogens is 1. The van der Waals surface area contributed by atoms with Gasteiger partial charge in [-0.15, -0.1) is 0 Å². The maximum absolute atomic E-state index is 11.8. The van der Waals surface area contributed by atoms with Gasteiger partial charge in [-0.1, -0.05) is 17.7 Å². The molecule has 2 heterocycles. The van der Waals surface area contributed by atoms with Crippen molar-refractivity contribution in [2.24, 2.45) is 5.73 Å². The molecule has 1 fully saturated rings. The highest BCUT2D eigenvalue weighted by atomic mass is 35.5. The summed E-state index contributed by atoms with van der Waals surface area (Å²) in [6.07, 6.45) is -0.522. The number of fused-ring (bicyclic) bond motifs is 1. The van der Waals surface area contributed by atoms with Crippen LogP contribution in [0.3, 0.4) is 0 Å². The Bertz CT molecular complexity index is 775. The minimum atomic E-state index is -0.666. The second-order valence-electron chi connectivity index (χ2n) is 5.47. The Labute approximate surface area is 143 Å². The number of primary amides is 1. The maximum Gasteiger partial charge on any atom is 0.410 e. The van der Waals surface area contributed by atoms with Crippen molar-refractivity contribution in [3.63, 3.8) is 0 Å². The van der Waals surface area contributed by atoms with Crippen molar-refractivity contribution in [2.75, 3.05) is 37.7 Å². The highest BCUT2D eigenvalue weighted by molar-refractivity contribution is 6.35. The van der Waals surface area contributed by atoms with Crippen molar-refractivity contribution in [2.45, 2.75) is 0 Å². The molecule has 1 aromatic carbocycles. The second-order valence-corrected chi connectivity index (χ2v) is 5.88. The maximum atomic E-state index is 11.8. The van der Waals surface area contributed by atoms with Crippen LogP contribution in [0.5, 0.6) is 0 Å². The molecule has 0 spiro atoms. The molecule has 2 amide bonds. The summed E-state index contributed by atoms with van der Waals surface area (Å²) in [7, 11) is 0. The monoisotopic (exact) mass is 348 g/mol. The molecular formula is C16H17ClN4O3. The zero-order chi connectivity index (χ0) is 17.1. The zero-order valence-corrected chi connectivity index (χ0v) is 13.7. The van der Waals surface area contributed by atoms with Crippen molar-refractivity contribution < 1.29 is 14.3 Å². The minimum Gasteiger partial charge on any atom is -0.439 e. The van der Waals surface area contributed by atoms with Crippen molar-refractivity contribution in [1.29, 1.82) is 0 Å². The zero-order valence-electron chi connectivity index (χ0n) is 12.9. The average Bonchev–Trinajstić information content (AvgIpc) is 2.59. The summed E-state index contributed by atoms with van der Waals surface area (Å²) < 4.78 is 4.82. The van der Waals surface area contributed by atoms with Gasteiger partial charge in [0.05, 0.1) is 5.52 Å². The Balaban J connectivity index is 1.64. The molecule has 2 N–H and O–H groups in total. The van der Waals surface area contributed by atoms with Gasteiger partial charge < -0.3 is 20.3 Å². The summed E-state index contributed by atoms with van der Waals surface area (Å²) in [6.45, 7) is 1.85. The molecule has 7 nitrogen and oxygen atoms in total. The lowest BCUT2D eigenvalue weighted by Gasteiger charge is -2.34. The van der Waals surface area contributed by atoms with Crippen LogP contribution in [0.15, 0.2) is 30.3 Å². The van der Waals surface area contributed by atoms with E-state index in [1.165, 1.54) is 0 Å². The number of piperazine rings is 1. The summed E-state index contributed by atoms with van der Waals surface area (Å²) in [5, 5.41) is 1.59. The van der Waals surface area contributed by atoms with E-state index in [0.717, 1.165) is 16.7 Å². The summed E-state index contributed by atoms with van der Waals surface area (Å²) in [4.78, 5) is 30.7. The third-order valence-corrected chi connectivity index (χ3v) is 4.19. The van der Waals surface area contributed by atoms with E-state index in [2.05, 4.69) is 9.88 Å². The number of carbonyl (C=O) groups is 2. The first-order chi connectivity index (χ1) is 11.5. The normalized spacial score (nSPS) is 14.7. The van der Waals surface area contributed by atoms with Crippen molar-refractivity contribution in [3.05, 3.63) is 35.4 Å². The van der Waals surface area contributed by atoms with E-state index in [0.29, 0.717) is 31.2 Å². The second kappa shape index (κ2) is 6.92. The Kier molecular flexibility index (Phi) is 4.71. The number of carbonyl (C=O) groups excluding carboxylic acids is 2. The molecule has 0 bridgehead atoms. The lowest BCUT2D eigenvalue weighted by molar-refractivity contribution is -0.121. The van der Waals surface area contributed by atoms with Crippen molar-refractivity contribution >= 4 is 40.3 Å². The number of nitrogens with zero attached hydrogens (tertiary/aromatic N) is 3. The number of hydrogen-bond acceptors (Lipinski definition) is 5. The number of pyridine rings is 1. The minimum absolute atomic E-state index is 0.397. The number of rotatable bonds is 3. The number of anilines is 1. The molecule has 2 aromatic rings. The van der Waals surface area contributed by atoms with Gasteiger partial charge in [0.1, 0.15) is 5.82 Å². The van der Waals surface area contributed by atoms with Crippen molar-refractivity contribution in [1.82, 2.24) is 9.88 Å². The van der Waals surface area contributed by atoms with Gasteiger partial charge in [-0.3, -0.25) is 4.79 Å². The molecule has 0 unspecified atom stereocenters. The predicted molar refractivity (Wildman–Crippen MR) is 91.1 cm³/mol. The average molecular weight is 349 g/mol. The van der Waals surface area contributed by atoms with Crippen LogP contribution in [-0.4, -0.2) is 54.7 Å². The SMILES string of the molecule is NC(=O)COC(=O)N1CCN(c2ccc3c(Cl)cccc3n2)CC1. The largest absolute Gasteiger partial charge is 0.439 e. The Hall–Kier alpha value is -2.54. The molecular weight excluding hydrogens is 332 g/mol. The van der Waals surface area contributed by atoms with Gasteiger partial charge in [-0.25, -0.2) is 9.78 Å². The van der Waals surface area contributed by atoms with Crippen LogP contribution in [0.25, 0.3) is 10.9 Å². The van der Waals surface area contributed by atoms with Gasteiger partial charge in [0.15, 0.2) is 6.61 Å². The van der Waals surface area contributed by atoms with Crippen molar-refractivity contribution in [3.8, 4) is 0 Å². The number of amides is 2. The molecule has 1 aromatic heterocycles. The molecule has 1 saturated heterocycles. The van der Waals surface area contributed by atoms with Gasteiger partial charge in [0.25, 0.3) is 5.91 Å². The molecule has 1 aliphatic heterocycles. The lowest BCUT2D eigenvalue weighted by Crippen LogP contribution is -2.49. The van der Waals surface area contributed by atoms with Gasteiger partial charge in [-0.05, 0) is 24.3 Å². The molecule has 0 aliphatic carbocycles. The van der Waals surface area contributed by atoms with Gasteiger partial charge >= 0.3 is 6.09 Å². The van der Waals surface area contributed by atoms with Crippen LogP contribution in [0, 0.1) is 0 Å². The molecule has 126 valence electrons. The van der Waals surface area contributed by atoms with E-state index in [9.17, 15) is 9.59 Å². The van der Waals surface area contributed by atoms with Gasteiger partial charge in [0.2, 0.25) is 0 Å². The van der Waals surface area contributed by atoms with E-state index >= 15 is 0 Å². The predicted octanol–water partition coefficient (Wildman–Crippen LogP) is 1.63. The third-order valence-electron chi connectivity index (χ3n) is 3.86. The van der Waals surface area contributed by atoms with E-state index < -0.39 is 18.6 Å². The topological polar surface area (TPSA) is 88.8 Å². The molecule has 0 radical (unpaired) electrons. The summed E-state index contributed by atoms with van der Waals surface area (Å²) in [5.74, 6) is 0.177. The molecule has 1 aliphatic rings. The standard InChI is InChI=1S/C16H17ClN4O3/c17-12-2-1-3-13-11(12)4-5-15(19-13)20-6-8-21(9-7-20)16(23)24-10-14(18)22/h1-5H,6-10H2,(H2,18,22). The van der Waals surface area contributed by atoms with E-state index in [1.54, 1.807) is 4.90 Å². The number of aromatic nitrogens is 1. The van der Waals surface area contributed by atoms with Crippen LogP contribution in [-0.2, 0) is 9.53 Å². The molecule has 0 atom stereocenters. The first kappa shape index (κ1) is 16.3. The molecule has 24 heavy (non-hydrogen) atoms. The highest BCUT2D eigenvalue weighted by Gasteiger charge is 2.23. The van der Waals surface area contributed by atoms with Crippen LogP contribution in [0.1, 0.15) is 0 Å². The van der Waals surface area contributed by atoms with E-state index in [1.807, 2.05) is 30.3 Å². The third kappa shape index (κ3) is 3.51. The Morgan fingerprint density at radius 1 is 1.17 bits per heavy atom. The Morgan fingerprint density at radius 3 is 2.62 bits per heavy atom. The molecule has 0 saturated carbocycles. The summed E-state index contributed by atoms with van der Waals surface area (Å²) in [6, 6.07) is 9.50. The first-order valence-electron chi connectivity index (χ1n) is 7.55. The van der Waals surface area contributed by atoms with E-state index in [4.69, 9.17) is 22.1 Å². The van der Waals surface area contributed by atoms with Crippen LogP contribution in [0.2, 0.25) is 5.02 Å². The summed E-state index contributed by atoms with van der Waals surface area (Å²) >= 11 is 6.16. The summed E-state index contributed by atoms with van der Waals surface area (Å²) in [5.41, 5.74) is 5.80. The van der Waals surface area contributed by atoms with Gasteiger partial charge in [0, 0.05) is 36.6 Å². The molecule has 8 heteroatoms. The fourth-order valence-corrected chi connectivity index (χ4v) is 2.86. The van der Waals surface area contributed by atoms with E-state index in [-0.39, 0.29) is 0 Å². The Morgan fingerprint density at radius 2 is 1.92 bits per heavy atom. The fourth-order valence-electron chi connectivity index (χ4n) is 2.63. The highest BCUT2D eigenvalue weighted by Crippen LogP contribution is 2.25. The quantitative estimate of drug-likeness (QED) is 0.910. The molecule has 3 rings (SSSR count). The first-order valence-corrected chi connectivity index (χ1v) is 7.92. The number of hydrogen-bond donors (Lipinski definition) is 1. The lowest BCUT2D eigenvalue weighted by atomic mass is 10.2. The number of benzene rings is 1.